The number of urea groups is 1. The number of alkyl halides is 3. The molecule has 2 aromatic carbocycles. The number of rotatable bonds is 7. The summed E-state index contributed by atoms with van der Waals surface area (Å²) in [6, 6.07) is 12.1. The Balaban J connectivity index is 1.72. The van der Waals surface area contributed by atoms with E-state index in [1.807, 2.05) is 43.3 Å². The van der Waals surface area contributed by atoms with Crippen molar-refractivity contribution in [2.24, 2.45) is 0 Å². The molecular formula is C23H29F3N4O2. The molecule has 0 aromatic heterocycles. The Morgan fingerprint density at radius 3 is 2.41 bits per heavy atom. The number of amides is 2. The summed E-state index contributed by atoms with van der Waals surface area (Å²) in [7, 11) is 3.90. The summed E-state index contributed by atoms with van der Waals surface area (Å²) in [4.78, 5) is 18.8. The lowest BCUT2D eigenvalue weighted by Crippen LogP contribution is -2.44. The van der Waals surface area contributed by atoms with Crippen molar-refractivity contribution in [2.75, 3.05) is 63.7 Å². The summed E-state index contributed by atoms with van der Waals surface area (Å²) in [6.07, 6.45) is -4.47. The number of carbonyl (C=O) groups excluding carboxylic acids is 1. The van der Waals surface area contributed by atoms with Gasteiger partial charge in [-0.25, -0.2) is 4.79 Å². The zero-order chi connectivity index (χ0) is 23.1. The van der Waals surface area contributed by atoms with Crippen LogP contribution in [0.4, 0.5) is 29.3 Å². The molecule has 0 radical (unpaired) electrons. The summed E-state index contributed by atoms with van der Waals surface area (Å²) in [5.74, 6) is 0. The first kappa shape index (κ1) is 23.9. The molecule has 0 aliphatic carbocycles. The van der Waals surface area contributed by atoms with Crippen LogP contribution < -0.4 is 10.2 Å². The molecular weight excluding hydrogens is 421 g/mol. The number of hydrogen-bond acceptors (Lipinski definition) is 4. The van der Waals surface area contributed by atoms with Crippen LogP contribution in [0.1, 0.15) is 11.1 Å². The number of anilines is 2. The van der Waals surface area contributed by atoms with Gasteiger partial charge in [-0.15, -0.1) is 0 Å². The van der Waals surface area contributed by atoms with Gasteiger partial charge in [0.1, 0.15) is 0 Å². The molecule has 6 nitrogen and oxygen atoms in total. The first-order valence-electron chi connectivity index (χ1n) is 10.5. The van der Waals surface area contributed by atoms with E-state index >= 15 is 0 Å². The molecule has 0 spiro atoms. The lowest BCUT2D eigenvalue weighted by molar-refractivity contribution is -0.137. The number of nitrogens with zero attached hydrogens (tertiary/aromatic N) is 3. The minimum atomic E-state index is -4.47. The highest BCUT2D eigenvalue weighted by atomic mass is 19.4. The van der Waals surface area contributed by atoms with Gasteiger partial charge in [-0.05, 0) is 35.9 Å². The van der Waals surface area contributed by atoms with Gasteiger partial charge in [-0.2, -0.15) is 13.2 Å². The molecule has 3 rings (SSSR count). The lowest BCUT2D eigenvalue weighted by atomic mass is 10.2. The average molecular weight is 451 g/mol. The number of benzene rings is 2. The van der Waals surface area contributed by atoms with E-state index < -0.39 is 17.8 Å². The van der Waals surface area contributed by atoms with Crippen molar-refractivity contribution in [3.05, 3.63) is 59.7 Å². The van der Waals surface area contributed by atoms with E-state index in [9.17, 15) is 18.0 Å². The Morgan fingerprint density at radius 1 is 1.09 bits per heavy atom. The van der Waals surface area contributed by atoms with Crippen LogP contribution in [0.2, 0.25) is 0 Å². The highest BCUT2D eigenvalue weighted by Crippen LogP contribution is 2.30. The molecule has 2 aromatic rings. The molecule has 0 unspecified atom stereocenters. The molecule has 0 bridgehead atoms. The van der Waals surface area contributed by atoms with Crippen LogP contribution in [-0.2, 0) is 17.5 Å². The van der Waals surface area contributed by atoms with Gasteiger partial charge >= 0.3 is 12.2 Å². The van der Waals surface area contributed by atoms with Crippen molar-refractivity contribution >= 4 is 17.4 Å². The van der Waals surface area contributed by atoms with Gasteiger partial charge in [0, 0.05) is 58.2 Å². The summed E-state index contributed by atoms with van der Waals surface area (Å²) < 4.78 is 44.4. The second-order valence-electron chi connectivity index (χ2n) is 7.95. The minimum Gasteiger partial charge on any atom is -0.379 e. The molecule has 32 heavy (non-hydrogen) atoms. The Morgan fingerprint density at radius 2 is 1.78 bits per heavy atom. The van der Waals surface area contributed by atoms with Gasteiger partial charge in [0.15, 0.2) is 0 Å². The fraction of sp³-hybridized carbons (Fsp3) is 0.435. The molecule has 1 fully saturated rings. The maximum absolute atomic E-state index is 13.0. The predicted molar refractivity (Wildman–Crippen MR) is 119 cm³/mol. The zero-order valence-electron chi connectivity index (χ0n) is 18.4. The fourth-order valence-corrected chi connectivity index (χ4v) is 3.44. The van der Waals surface area contributed by atoms with Gasteiger partial charge in [-0.3, -0.25) is 4.90 Å². The maximum Gasteiger partial charge on any atom is 0.416 e. The quantitative estimate of drug-likeness (QED) is 0.689. The molecule has 1 heterocycles. The highest BCUT2D eigenvalue weighted by Gasteiger charge is 2.30. The Hall–Kier alpha value is -2.78. The number of carbonyl (C=O) groups is 1. The molecule has 174 valence electrons. The van der Waals surface area contributed by atoms with Gasteiger partial charge in [0.05, 0.1) is 18.8 Å². The van der Waals surface area contributed by atoms with Crippen molar-refractivity contribution in [1.29, 1.82) is 0 Å². The van der Waals surface area contributed by atoms with Crippen molar-refractivity contribution in [2.45, 2.75) is 12.7 Å². The highest BCUT2D eigenvalue weighted by molar-refractivity contribution is 5.89. The van der Waals surface area contributed by atoms with Crippen LogP contribution in [0.15, 0.2) is 48.5 Å². The number of hydrogen-bond donors (Lipinski definition) is 1. The third-order valence-electron chi connectivity index (χ3n) is 5.34. The van der Waals surface area contributed by atoms with Gasteiger partial charge in [0.25, 0.3) is 0 Å². The summed E-state index contributed by atoms with van der Waals surface area (Å²) in [5, 5.41) is 2.63. The molecule has 0 atom stereocenters. The maximum atomic E-state index is 13.0. The van der Waals surface area contributed by atoms with E-state index in [1.54, 1.807) is 4.90 Å². The third kappa shape index (κ3) is 6.86. The number of nitrogens with one attached hydrogen (secondary N) is 1. The molecule has 1 aliphatic heterocycles. The van der Waals surface area contributed by atoms with Crippen molar-refractivity contribution in [1.82, 2.24) is 9.80 Å². The standard InChI is InChI=1S/C23H29F3N4O2/c1-28(2)21-8-6-18(7-9-21)17-30(11-10-29-12-14-32-15-13-29)22(31)27-20-5-3-4-19(16-20)23(24,25)26/h3-9,16H,10-15,17H2,1-2H3,(H,27,31). The largest absolute Gasteiger partial charge is 0.416 e. The van der Waals surface area contributed by atoms with Gasteiger partial charge < -0.3 is 19.9 Å². The third-order valence-corrected chi connectivity index (χ3v) is 5.34. The molecule has 9 heteroatoms. The van der Waals surface area contributed by atoms with E-state index in [2.05, 4.69) is 10.2 Å². The van der Waals surface area contributed by atoms with Crippen molar-refractivity contribution in [3.63, 3.8) is 0 Å². The van der Waals surface area contributed by atoms with Gasteiger partial charge in [-0.1, -0.05) is 18.2 Å². The van der Waals surface area contributed by atoms with Crippen LogP contribution in [0.25, 0.3) is 0 Å². The summed E-state index contributed by atoms with van der Waals surface area (Å²) in [6.45, 7) is 4.35. The van der Waals surface area contributed by atoms with E-state index in [0.29, 0.717) is 32.8 Å². The lowest BCUT2D eigenvalue weighted by Gasteiger charge is -2.30. The molecule has 2 amide bonds. The first-order chi connectivity index (χ1) is 15.2. The van der Waals surface area contributed by atoms with Crippen molar-refractivity contribution < 1.29 is 22.7 Å². The summed E-state index contributed by atoms with van der Waals surface area (Å²) >= 11 is 0. The van der Waals surface area contributed by atoms with Crippen LogP contribution in [0.3, 0.4) is 0 Å². The molecule has 0 saturated carbocycles. The van der Waals surface area contributed by atoms with Gasteiger partial charge in [0.2, 0.25) is 0 Å². The van der Waals surface area contributed by atoms with Crippen LogP contribution >= 0.6 is 0 Å². The second-order valence-corrected chi connectivity index (χ2v) is 7.95. The van der Waals surface area contributed by atoms with E-state index in [-0.39, 0.29) is 5.69 Å². The molecule has 1 aliphatic rings. The van der Waals surface area contributed by atoms with E-state index in [1.165, 1.54) is 12.1 Å². The van der Waals surface area contributed by atoms with Crippen LogP contribution in [0, 0.1) is 0 Å². The zero-order valence-corrected chi connectivity index (χ0v) is 18.4. The smallest absolute Gasteiger partial charge is 0.379 e. The fourth-order valence-electron chi connectivity index (χ4n) is 3.44. The predicted octanol–water partition coefficient (Wildman–Crippen LogP) is 4.14. The van der Waals surface area contributed by atoms with Crippen molar-refractivity contribution in [3.8, 4) is 0 Å². The first-order valence-corrected chi connectivity index (χ1v) is 10.5. The normalized spacial score (nSPS) is 14.8. The Kier molecular flexibility index (Phi) is 7.98. The number of halogens is 3. The van der Waals surface area contributed by atoms with E-state index in [4.69, 9.17) is 4.74 Å². The minimum absolute atomic E-state index is 0.115. The SMILES string of the molecule is CN(C)c1ccc(CN(CCN2CCOCC2)C(=O)Nc2cccc(C(F)(F)F)c2)cc1. The summed E-state index contributed by atoms with van der Waals surface area (Å²) in [5.41, 5.74) is 1.30. The molecule has 1 N–H and O–H groups in total. The second kappa shape index (κ2) is 10.7. The number of morpholine rings is 1. The Bertz CT molecular complexity index is 882. The molecule has 1 saturated heterocycles. The Labute approximate surface area is 186 Å². The van der Waals surface area contributed by atoms with E-state index in [0.717, 1.165) is 36.5 Å². The van der Waals surface area contributed by atoms with Crippen LogP contribution in [0.5, 0.6) is 0 Å². The van der Waals surface area contributed by atoms with Crippen LogP contribution in [-0.4, -0.2) is 69.3 Å². The monoisotopic (exact) mass is 450 g/mol. The topological polar surface area (TPSA) is 48.1 Å². The average Bonchev–Trinajstić information content (AvgIpc) is 2.77. The number of ether oxygens (including phenoxy) is 1.